The average molecular weight is 482 g/mol. The molecule has 170 valence electrons. The largest absolute Gasteiger partial charge is 0.493 e. The lowest BCUT2D eigenvalue weighted by atomic mass is 10.00. The van der Waals surface area contributed by atoms with Crippen molar-refractivity contribution in [3.63, 3.8) is 0 Å². The van der Waals surface area contributed by atoms with Crippen molar-refractivity contribution >= 4 is 29.1 Å². The predicted molar refractivity (Wildman–Crippen MR) is 130 cm³/mol. The van der Waals surface area contributed by atoms with Crippen molar-refractivity contribution < 1.29 is 14.3 Å². The van der Waals surface area contributed by atoms with Crippen LogP contribution in [0.2, 0.25) is 10.0 Å². The molecule has 1 saturated heterocycles. The molecule has 2 aliphatic heterocycles. The molecule has 0 aromatic heterocycles. The van der Waals surface area contributed by atoms with Crippen LogP contribution in [0.15, 0.2) is 66.7 Å². The molecule has 1 atom stereocenters. The first kappa shape index (κ1) is 22.3. The molecule has 6 heteroatoms. The Hall–Kier alpha value is -2.53. The number of likely N-dealkylation sites (tertiary alicyclic amines) is 1. The molecule has 33 heavy (non-hydrogen) atoms. The van der Waals surface area contributed by atoms with Gasteiger partial charge < -0.3 is 14.4 Å². The summed E-state index contributed by atoms with van der Waals surface area (Å²) in [5, 5.41) is 1.33. The van der Waals surface area contributed by atoms with Crippen LogP contribution in [-0.4, -0.2) is 36.6 Å². The average Bonchev–Trinajstić information content (AvgIpc) is 3.26. The summed E-state index contributed by atoms with van der Waals surface area (Å²) in [6.45, 7) is 1.93. The van der Waals surface area contributed by atoms with Gasteiger partial charge in [0.05, 0.1) is 12.7 Å². The molecule has 0 aliphatic carbocycles. The summed E-state index contributed by atoms with van der Waals surface area (Å²) in [5.74, 6) is 1.13. The maximum atomic E-state index is 12.7. The minimum absolute atomic E-state index is 0.0388. The van der Waals surface area contributed by atoms with E-state index >= 15 is 0 Å². The molecule has 5 rings (SSSR count). The third-order valence-electron chi connectivity index (χ3n) is 6.27. The van der Waals surface area contributed by atoms with Crippen LogP contribution in [0.1, 0.15) is 34.8 Å². The second kappa shape index (κ2) is 9.76. The number of amides is 1. The number of benzene rings is 3. The predicted octanol–water partition coefficient (Wildman–Crippen LogP) is 5.88. The zero-order valence-corrected chi connectivity index (χ0v) is 19.7. The highest BCUT2D eigenvalue weighted by Crippen LogP contribution is 2.34. The molecule has 2 heterocycles. The normalized spacial score (nSPS) is 16.1. The Morgan fingerprint density at radius 1 is 1.06 bits per heavy atom. The van der Waals surface area contributed by atoms with E-state index in [4.69, 9.17) is 32.7 Å². The highest BCUT2D eigenvalue weighted by atomic mass is 35.5. The SMILES string of the molecule is O=C(CCc1ccc2c(c1)CCO2)N1CC(OC(c2ccc(Cl)cc2)c2ccccc2Cl)C1. The van der Waals surface area contributed by atoms with Gasteiger partial charge in [0.2, 0.25) is 5.91 Å². The lowest BCUT2D eigenvalue weighted by molar-refractivity contribution is -0.148. The minimum atomic E-state index is -0.313. The van der Waals surface area contributed by atoms with Gasteiger partial charge >= 0.3 is 0 Å². The molecular weight excluding hydrogens is 457 g/mol. The summed E-state index contributed by atoms with van der Waals surface area (Å²) in [4.78, 5) is 14.6. The quantitative estimate of drug-likeness (QED) is 0.422. The van der Waals surface area contributed by atoms with E-state index in [9.17, 15) is 4.79 Å². The second-order valence-corrected chi connectivity index (χ2v) is 9.39. The standard InChI is InChI=1S/C27H25Cl2NO3/c28-21-9-7-19(8-10-21)27(23-3-1-2-4-24(23)29)33-22-16-30(17-22)26(31)12-6-18-5-11-25-20(15-18)13-14-32-25/h1-5,7-11,15,22,27H,6,12-14,16-17H2. The number of nitrogens with zero attached hydrogens (tertiary/aromatic N) is 1. The highest BCUT2D eigenvalue weighted by Gasteiger charge is 2.34. The fourth-order valence-electron chi connectivity index (χ4n) is 4.38. The van der Waals surface area contributed by atoms with E-state index in [1.165, 1.54) is 11.1 Å². The first-order valence-corrected chi connectivity index (χ1v) is 12.0. The maximum Gasteiger partial charge on any atom is 0.223 e. The van der Waals surface area contributed by atoms with Crippen LogP contribution in [0.4, 0.5) is 0 Å². The molecule has 2 aliphatic rings. The van der Waals surface area contributed by atoms with Gasteiger partial charge in [-0.15, -0.1) is 0 Å². The summed E-state index contributed by atoms with van der Waals surface area (Å²) < 4.78 is 12.0. The number of carbonyl (C=O) groups excluding carboxylic acids is 1. The first-order chi connectivity index (χ1) is 16.1. The summed E-state index contributed by atoms with van der Waals surface area (Å²) in [7, 11) is 0. The third-order valence-corrected chi connectivity index (χ3v) is 6.87. The maximum absolute atomic E-state index is 12.7. The highest BCUT2D eigenvalue weighted by molar-refractivity contribution is 6.31. The number of carbonyl (C=O) groups is 1. The molecular formula is C27H25Cl2NO3. The smallest absolute Gasteiger partial charge is 0.223 e. The van der Waals surface area contributed by atoms with E-state index in [-0.39, 0.29) is 18.1 Å². The Labute approximate surface area is 204 Å². The van der Waals surface area contributed by atoms with Gasteiger partial charge in [0, 0.05) is 41.5 Å². The van der Waals surface area contributed by atoms with E-state index in [2.05, 4.69) is 12.1 Å². The van der Waals surface area contributed by atoms with E-state index in [1.807, 2.05) is 59.5 Å². The second-order valence-electron chi connectivity index (χ2n) is 8.55. The molecule has 4 nitrogen and oxygen atoms in total. The van der Waals surface area contributed by atoms with Gasteiger partial charge in [-0.2, -0.15) is 0 Å². The van der Waals surface area contributed by atoms with Crippen LogP contribution in [0.25, 0.3) is 0 Å². The number of rotatable bonds is 7. The van der Waals surface area contributed by atoms with Crippen molar-refractivity contribution in [2.75, 3.05) is 19.7 Å². The molecule has 0 spiro atoms. The zero-order valence-electron chi connectivity index (χ0n) is 18.2. The Kier molecular flexibility index (Phi) is 6.59. The summed E-state index contributed by atoms with van der Waals surface area (Å²) in [6.07, 6.45) is 1.83. The van der Waals surface area contributed by atoms with Crippen LogP contribution < -0.4 is 4.74 Å². The fourth-order valence-corrected chi connectivity index (χ4v) is 4.74. The number of aryl methyl sites for hydroxylation is 1. The number of fused-ring (bicyclic) bond motifs is 1. The lowest BCUT2D eigenvalue weighted by Gasteiger charge is -2.41. The van der Waals surface area contributed by atoms with Gasteiger partial charge in [-0.1, -0.05) is 65.7 Å². The van der Waals surface area contributed by atoms with Gasteiger partial charge in [-0.25, -0.2) is 0 Å². The summed E-state index contributed by atoms with van der Waals surface area (Å²) in [6, 6.07) is 21.6. The van der Waals surface area contributed by atoms with E-state index < -0.39 is 0 Å². The number of ether oxygens (including phenoxy) is 2. The molecule has 1 fully saturated rings. The van der Waals surface area contributed by atoms with Crippen molar-refractivity contribution in [2.45, 2.75) is 31.5 Å². The van der Waals surface area contributed by atoms with Crippen molar-refractivity contribution in [1.82, 2.24) is 4.90 Å². The van der Waals surface area contributed by atoms with E-state index in [0.717, 1.165) is 36.3 Å². The van der Waals surface area contributed by atoms with Crippen molar-refractivity contribution in [1.29, 1.82) is 0 Å². The van der Waals surface area contributed by atoms with Gasteiger partial charge in [-0.05, 0) is 47.4 Å². The minimum Gasteiger partial charge on any atom is -0.493 e. The number of hydrogen-bond donors (Lipinski definition) is 0. The van der Waals surface area contributed by atoms with Crippen LogP contribution >= 0.6 is 23.2 Å². The van der Waals surface area contributed by atoms with E-state index in [0.29, 0.717) is 29.6 Å². The lowest BCUT2D eigenvalue weighted by Crippen LogP contribution is -2.55. The van der Waals surface area contributed by atoms with Crippen LogP contribution in [-0.2, 0) is 22.4 Å². The van der Waals surface area contributed by atoms with Gasteiger partial charge in [0.15, 0.2) is 0 Å². The van der Waals surface area contributed by atoms with Gasteiger partial charge in [-0.3, -0.25) is 4.79 Å². The van der Waals surface area contributed by atoms with Crippen molar-refractivity contribution in [3.8, 4) is 5.75 Å². The Morgan fingerprint density at radius 3 is 2.64 bits per heavy atom. The molecule has 0 saturated carbocycles. The topological polar surface area (TPSA) is 38.8 Å². The van der Waals surface area contributed by atoms with Crippen LogP contribution in [0, 0.1) is 0 Å². The molecule has 0 N–H and O–H groups in total. The van der Waals surface area contributed by atoms with Crippen molar-refractivity contribution in [3.05, 3.63) is 99.0 Å². The number of halogens is 2. The summed E-state index contributed by atoms with van der Waals surface area (Å²) >= 11 is 12.6. The molecule has 1 amide bonds. The molecule has 0 radical (unpaired) electrons. The van der Waals surface area contributed by atoms with Gasteiger partial charge in [0.25, 0.3) is 0 Å². The molecule has 3 aromatic rings. The van der Waals surface area contributed by atoms with Gasteiger partial charge in [0.1, 0.15) is 11.9 Å². The molecule has 3 aromatic carbocycles. The zero-order chi connectivity index (χ0) is 22.8. The molecule has 0 bridgehead atoms. The monoisotopic (exact) mass is 481 g/mol. The fraction of sp³-hybridized carbons (Fsp3) is 0.296. The van der Waals surface area contributed by atoms with E-state index in [1.54, 1.807) is 0 Å². The Bertz CT molecular complexity index is 1140. The number of hydrogen-bond acceptors (Lipinski definition) is 3. The summed E-state index contributed by atoms with van der Waals surface area (Å²) in [5.41, 5.74) is 4.32. The Balaban J connectivity index is 1.19. The Morgan fingerprint density at radius 2 is 1.85 bits per heavy atom. The third kappa shape index (κ3) is 5.03. The van der Waals surface area contributed by atoms with Crippen LogP contribution in [0.3, 0.4) is 0 Å². The molecule has 1 unspecified atom stereocenters. The van der Waals surface area contributed by atoms with Crippen LogP contribution in [0.5, 0.6) is 5.75 Å². The first-order valence-electron chi connectivity index (χ1n) is 11.2. The van der Waals surface area contributed by atoms with Crippen molar-refractivity contribution in [2.24, 2.45) is 0 Å².